The van der Waals surface area contributed by atoms with Crippen LogP contribution < -0.4 is 15.4 Å². The summed E-state index contributed by atoms with van der Waals surface area (Å²) in [4.78, 5) is 16.2. The zero-order valence-electron chi connectivity index (χ0n) is 16.0. The first kappa shape index (κ1) is 19.4. The minimum absolute atomic E-state index is 0.139. The van der Waals surface area contributed by atoms with Gasteiger partial charge in [-0.05, 0) is 48.4 Å². The van der Waals surface area contributed by atoms with Gasteiger partial charge in [-0.15, -0.1) is 0 Å². The molecule has 1 amide bonds. The molecule has 0 saturated heterocycles. The lowest BCUT2D eigenvalue weighted by Crippen LogP contribution is -2.25. The van der Waals surface area contributed by atoms with Crippen LogP contribution in [0, 0.1) is 0 Å². The van der Waals surface area contributed by atoms with Crippen LogP contribution in [-0.2, 0) is 6.61 Å². The van der Waals surface area contributed by atoms with E-state index >= 15 is 0 Å². The number of anilines is 2. The second kappa shape index (κ2) is 10.1. The normalized spacial score (nSPS) is 10.3. The lowest BCUT2D eigenvalue weighted by Gasteiger charge is -2.09. The van der Waals surface area contributed by atoms with E-state index in [1.165, 1.54) is 0 Å². The van der Waals surface area contributed by atoms with Gasteiger partial charge in [-0.1, -0.05) is 43.7 Å². The number of hydrogen-bond acceptors (Lipinski definition) is 4. The van der Waals surface area contributed by atoms with E-state index in [1.807, 2.05) is 60.7 Å². The van der Waals surface area contributed by atoms with E-state index in [0.717, 1.165) is 35.5 Å². The van der Waals surface area contributed by atoms with Crippen LogP contribution in [-0.4, -0.2) is 17.4 Å². The Hall–Kier alpha value is -3.34. The van der Waals surface area contributed by atoms with Crippen LogP contribution in [0.1, 0.15) is 35.8 Å². The molecule has 0 bridgehead atoms. The molecule has 0 aliphatic rings. The molecular weight excluding hydrogens is 350 g/mol. The zero-order valence-corrected chi connectivity index (χ0v) is 16.0. The van der Waals surface area contributed by atoms with Crippen LogP contribution >= 0.6 is 0 Å². The smallest absolute Gasteiger partial charge is 0.269 e. The molecule has 2 N–H and O–H groups in total. The summed E-state index contributed by atoms with van der Waals surface area (Å²) in [5.74, 6) is 0.673. The maximum atomic E-state index is 12.0. The van der Waals surface area contributed by atoms with Gasteiger partial charge in [0.1, 0.15) is 18.1 Å². The molecule has 0 atom stereocenters. The molecule has 5 nitrogen and oxygen atoms in total. The van der Waals surface area contributed by atoms with E-state index in [0.29, 0.717) is 18.8 Å². The first-order valence-electron chi connectivity index (χ1n) is 9.52. The number of nitrogens with zero attached hydrogens (tertiary/aromatic N) is 1. The Kier molecular flexibility index (Phi) is 7.01. The zero-order chi connectivity index (χ0) is 19.6. The molecule has 0 radical (unpaired) electrons. The van der Waals surface area contributed by atoms with Gasteiger partial charge in [-0.3, -0.25) is 4.79 Å². The molecule has 5 heteroatoms. The Morgan fingerprint density at radius 1 is 0.964 bits per heavy atom. The molecule has 3 rings (SSSR count). The third kappa shape index (κ3) is 5.84. The van der Waals surface area contributed by atoms with Crippen molar-refractivity contribution in [3.63, 3.8) is 0 Å². The topological polar surface area (TPSA) is 63.2 Å². The maximum absolute atomic E-state index is 12.0. The standard InChI is InChI=1S/C23H25N3O2/c1-2-3-15-24-23(27)22-14-11-20(16-25-22)26-19-9-12-21(13-10-19)28-17-18-7-5-4-6-8-18/h4-14,16,26H,2-3,15,17H2,1H3,(H,24,27). The molecule has 2 aromatic carbocycles. The van der Waals surface area contributed by atoms with E-state index < -0.39 is 0 Å². The summed E-state index contributed by atoms with van der Waals surface area (Å²) in [6, 6.07) is 21.4. The number of carbonyl (C=O) groups is 1. The minimum atomic E-state index is -0.139. The minimum Gasteiger partial charge on any atom is -0.489 e. The molecular formula is C23H25N3O2. The number of hydrogen-bond donors (Lipinski definition) is 2. The average molecular weight is 375 g/mol. The third-order valence-electron chi connectivity index (χ3n) is 4.20. The van der Waals surface area contributed by atoms with Crippen molar-refractivity contribution in [3.8, 4) is 5.75 Å². The number of pyridine rings is 1. The summed E-state index contributed by atoms with van der Waals surface area (Å²) in [7, 11) is 0. The van der Waals surface area contributed by atoms with Gasteiger partial charge in [-0.25, -0.2) is 4.98 Å². The van der Waals surface area contributed by atoms with Crippen LogP contribution in [0.25, 0.3) is 0 Å². The molecule has 28 heavy (non-hydrogen) atoms. The van der Waals surface area contributed by atoms with E-state index in [9.17, 15) is 4.79 Å². The van der Waals surface area contributed by atoms with Crippen LogP contribution in [0.15, 0.2) is 72.9 Å². The molecule has 0 unspecified atom stereocenters. The SMILES string of the molecule is CCCCNC(=O)c1ccc(Nc2ccc(OCc3ccccc3)cc2)cn1. The van der Waals surface area contributed by atoms with Gasteiger partial charge in [-0.2, -0.15) is 0 Å². The van der Waals surface area contributed by atoms with Crippen molar-refractivity contribution in [1.82, 2.24) is 10.3 Å². The molecule has 0 saturated carbocycles. The molecule has 0 aliphatic carbocycles. The number of unbranched alkanes of at least 4 members (excludes halogenated alkanes) is 1. The summed E-state index contributed by atoms with van der Waals surface area (Å²) in [5, 5.41) is 6.14. The maximum Gasteiger partial charge on any atom is 0.269 e. The second-order valence-corrected chi connectivity index (χ2v) is 6.47. The highest BCUT2D eigenvalue weighted by Gasteiger charge is 2.06. The van der Waals surface area contributed by atoms with Gasteiger partial charge in [0.15, 0.2) is 0 Å². The number of ether oxygens (including phenoxy) is 1. The summed E-state index contributed by atoms with van der Waals surface area (Å²) in [5.41, 5.74) is 3.30. The van der Waals surface area contributed by atoms with Gasteiger partial charge < -0.3 is 15.4 Å². The lowest BCUT2D eigenvalue weighted by molar-refractivity contribution is 0.0948. The fourth-order valence-electron chi connectivity index (χ4n) is 2.61. The molecule has 3 aromatic rings. The third-order valence-corrected chi connectivity index (χ3v) is 4.20. The van der Waals surface area contributed by atoms with Crippen molar-refractivity contribution in [2.24, 2.45) is 0 Å². The number of nitrogens with one attached hydrogen (secondary N) is 2. The van der Waals surface area contributed by atoms with Gasteiger partial charge in [0.25, 0.3) is 5.91 Å². The van der Waals surface area contributed by atoms with Crippen molar-refractivity contribution >= 4 is 17.3 Å². The van der Waals surface area contributed by atoms with Crippen molar-refractivity contribution < 1.29 is 9.53 Å². The van der Waals surface area contributed by atoms with Crippen LogP contribution in [0.2, 0.25) is 0 Å². The summed E-state index contributed by atoms with van der Waals surface area (Å²) in [6.45, 7) is 3.31. The van der Waals surface area contributed by atoms with Crippen molar-refractivity contribution in [3.05, 3.63) is 84.2 Å². The number of amides is 1. The number of benzene rings is 2. The Morgan fingerprint density at radius 3 is 2.39 bits per heavy atom. The Morgan fingerprint density at radius 2 is 1.71 bits per heavy atom. The summed E-state index contributed by atoms with van der Waals surface area (Å²) >= 11 is 0. The molecule has 0 spiro atoms. The van der Waals surface area contributed by atoms with Gasteiger partial charge in [0, 0.05) is 12.2 Å². The van der Waals surface area contributed by atoms with Crippen LogP contribution in [0.4, 0.5) is 11.4 Å². The van der Waals surface area contributed by atoms with E-state index in [1.54, 1.807) is 12.3 Å². The first-order chi connectivity index (χ1) is 13.7. The van der Waals surface area contributed by atoms with Crippen molar-refractivity contribution in [2.45, 2.75) is 26.4 Å². The predicted molar refractivity (Wildman–Crippen MR) is 112 cm³/mol. The van der Waals surface area contributed by atoms with Gasteiger partial charge in [0.2, 0.25) is 0 Å². The fraction of sp³-hybridized carbons (Fsp3) is 0.217. The van der Waals surface area contributed by atoms with E-state index in [-0.39, 0.29) is 5.91 Å². The monoisotopic (exact) mass is 375 g/mol. The quantitative estimate of drug-likeness (QED) is 0.520. The fourth-order valence-corrected chi connectivity index (χ4v) is 2.61. The number of aromatic nitrogens is 1. The lowest BCUT2D eigenvalue weighted by atomic mass is 10.2. The Bertz CT molecular complexity index is 863. The molecule has 144 valence electrons. The average Bonchev–Trinajstić information content (AvgIpc) is 2.75. The van der Waals surface area contributed by atoms with Crippen molar-refractivity contribution in [1.29, 1.82) is 0 Å². The van der Waals surface area contributed by atoms with Crippen molar-refractivity contribution in [2.75, 3.05) is 11.9 Å². The highest BCUT2D eigenvalue weighted by molar-refractivity contribution is 5.92. The first-order valence-corrected chi connectivity index (χ1v) is 9.52. The van der Waals surface area contributed by atoms with Crippen LogP contribution in [0.3, 0.4) is 0 Å². The van der Waals surface area contributed by atoms with Gasteiger partial charge >= 0.3 is 0 Å². The highest BCUT2D eigenvalue weighted by atomic mass is 16.5. The summed E-state index contributed by atoms with van der Waals surface area (Å²) < 4.78 is 5.80. The molecule has 1 aromatic heterocycles. The number of rotatable bonds is 9. The Labute approximate surface area is 165 Å². The largest absolute Gasteiger partial charge is 0.489 e. The molecule has 1 heterocycles. The number of carbonyl (C=O) groups excluding carboxylic acids is 1. The predicted octanol–water partition coefficient (Wildman–Crippen LogP) is 4.93. The highest BCUT2D eigenvalue weighted by Crippen LogP contribution is 2.20. The molecule has 0 aliphatic heterocycles. The summed E-state index contributed by atoms with van der Waals surface area (Å²) in [6.07, 6.45) is 3.68. The van der Waals surface area contributed by atoms with E-state index in [4.69, 9.17) is 4.74 Å². The second-order valence-electron chi connectivity index (χ2n) is 6.47. The van der Waals surface area contributed by atoms with Gasteiger partial charge in [0.05, 0.1) is 11.9 Å². The van der Waals surface area contributed by atoms with Crippen LogP contribution in [0.5, 0.6) is 5.75 Å². The molecule has 0 fully saturated rings. The van der Waals surface area contributed by atoms with E-state index in [2.05, 4.69) is 22.5 Å². The Balaban J connectivity index is 1.51.